The van der Waals surface area contributed by atoms with Crippen LogP contribution in [-0.2, 0) is 0 Å². The minimum atomic E-state index is -0.0772. The molecule has 0 saturated carbocycles. The van der Waals surface area contributed by atoms with Gasteiger partial charge in [0.05, 0.1) is 22.3 Å². The third-order valence-corrected chi connectivity index (χ3v) is 4.11. The zero-order chi connectivity index (χ0) is 13.3. The molecule has 0 bridgehead atoms. The number of halogens is 2. The Kier molecular flexibility index (Phi) is 4.33. The van der Waals surface area contributed by atoms with Crippen LogP contribution in [0.15, 0.2) is 12.3 Å². The number of H-pyrrole nitrogens is 1. The molecule has 0 radical (unpaired) electrons. The van der Waals surface area contributed by atoms with Crippen molar-refractivity contribution in [3.05, 3.63) is 26.8 Å². The molecule has 6 heteroatoms. The predicted octanol–water partition coefficient (Wildman–Crippen LogP) is 4.49. The Morgan fingerprint density at radius 1 is 1.44 bits per heavy atom. The van der Waals surface area contributed by atoms with Crippen LogP contribution in [0.5, 0.6) is 0 Å². The van der Waals surface area contributed by atoms with Crippen LogP contribution in [0.1, 0.15) is 32.1 Å². The van der Waals surface area contributed by atoms with E-state index in [2.05, 4.69) is 23.8 Å². The highest BCUT2D eigenvalue weighted by Gasteiger charge is 2.15. The fraction of sp³-hybridized carbons (Fsp3) is 0.417. The Morgan fingerprint density at radius 3 is 2.72 bits per heavy atom. The predicted molar refractivity (Wildman–Crippen MR) is 78.3 cm³/mol. The maximum Gasteiger partial charge on any atom is 0.123 e. The molecule has 3 N–H and O–H groups in total. The molecule has 0 aromatic carbocycles. The molecule has 18 heavy (non-hydrogen) atoms. The van der Waals surface area contributed by atoms with Crippen LogP contribution in [0.2, 0.25) is 8.67 Å². The standard InChI is InChI=1S/C12H15Cl2N3S/c1-6(2)3-8(15)12-16-5-9(17-12)7-4-10(13)18-11(7)14/h4-6,8H,3,15H2,1-2H3,(H,16,17). The molecule has 0 saturated heterocycles. The van der Waals surface area contributed by atoms with Crippen LogP contribution in [0, 0.1) is 5.92 Å². The first kappa shape index (κ1) is 13.9. The summed E-state index contributed by atoms with van der Waals surface area (Å²) in [7, 11) is 0. The third-order valence-electron chi connectivity index (χ3n) is 2.62. The molecule has 0 aliphatic rings. The average molecular weight is 304 g/mol. The van der Waals surface area contributed by atoms with Gasteiger partial charge in [0.2, 0.25) is 0 Å². The van der Waals surface area contributed by atoms with Gasteiger partial charge in [0.1, 0.15) is 10.2 Å². The number of imidazole rings is 1. The molecule has 0 spiro atoms. The Labute approximate surface area is 120 Å². The van der Waals surface area contributed by atoms with E-state index in [0.717, 1.165) is 23.5 Å². The van der Waals surface area contributed by atoms with E-state index in [1.807, 2.05) is 6.07 Å². The van der Waals surface area contributed by atoms with Gasteiger partial charge < -0.3 is 10.7 Å². The fourth-order valence-electron chi connectivity index (χ4n) is 1.81. The Morgan fingerprint density at radius 2 is 2.17 bits per heavy atom. The highest BCUT2D eigenvalue weighted by molar-refractivity contribution is 7.20. The van der Waals surface area contributed by atoms with Gasteiger partial charge in [0, 0.05) is 5.56 Å². The van der Waals surface area contributed by atoms with E-state index >= 15 is 0 Å². The van der Waals surface area contributed by atoms with E-state index < -0.39 is 0 Å². The Balaban J connectivity index is 2.22. The molecule has 1 atom stereocenters. The summed E-state index contributed by atoms with van der Waals surface area (Å²) >= 11 is 13.4. The number of nitrogens with zero attached hydrogens (tertiary/aromatic N) is 1. The topological polar surface area (TPSA) is 54.7 Å². The van der Waals surface area contributed by atoms with Gasteiger partial charge in [-0.1, -0.05) is 37.0 Å². The zero-order valence-corrected chi connectivity index (χ0v) is 12.5. The second kappa shape index (κ2) is 5.61. The van der Waals surface area contributed by atoms with Crippen LogP contribution >= 0.6 is 34.5 Å². The first-order chi connectivity index (χ1) is 8.47. The second-order valence-corrected chi connectivity index (χ2v) is 6.94. The van der Waals surface area contributed by atoms with Crippen LogP contribution in [-0.4, -0.2) is 9.97 Å². The largest absolute Gasteiger partial charge is 0.341 e. The summed E-state index contributed by atoms with van der Waals surface area (Å²) in [5.74, 6) is 1.32. The van der Waals surface area contributed by atoms with E-state index in [9.17, 15) is 0 Å². The maximum absolute atomic E-state index is 6.11. The number of rotatable bonds is 4. The van der Waals surface area contributed by atoms with Gasteiger partial charge >= 0.3 is 0 Å². The number of aromatic amines is 1. The summed E-state index contributed by atoms with van der Waals surface area (Å²) in [6, 6.07) is 1.76. The first-order valence-electron chi connectivity index (χ1n) is 5.73. The van der Waals surface area contributed by atoms with Crippen molar-refractivity contribution in [3.63, 3.8) is 0 Å². The van der Waals surface area contributed by atoms with Crippen molar-refractivity contribution in [3.8, 4) is 11.3 Å². The van der Waals surface area contributed by atoms with Crippen molar-refractivity contribution in [2.45, 2.75) is 26.3 Å². The van der Waals surface area contributed by atoms with Gasteiger partial charge in [-0.05, 0) is 18.4 Å². The van der Waals surface area contributed by atoms with E-state index in [4.69, 9.17) is 28.9 Å². The molecular formula is C12H15Cl2N3S. The van der Waals surface area contributed by atoms with E-state index in [-0.39, 0.29) is 6.04 Å². The van der Waals surface area contributed by atoms with Crippen molar-refractivity contribution < 1.29 is 0 Å². The average Bonchev–Trinajstić information content (AvgIpc) is 2.83. The zero-order valence-electron chi connectivity index (χ0n) is 10.2. The number of hydrogen-bond donors (Lipinski definition) is 2. The quantitative estimate of drug-likeness (QED) is 0.874. The van der Waals surface area contributed by atoms with Gasteiger partial charge in [-0.25, -0.2) is 4.98 Å². The molecular weight excluding hydrogens is 289 g/mol. The summed E-state index contributed by atoms with van der Waals surface area (Å²) in [6.07, 6.45) is 2.64. The summed E-state index contributed by atoms with van der Waals surface area (Å²) in [4.78, 5) is 7.53. The van der Waals surface area contributed by atoms with Gasteiger partial charge in [0.25, 0.3) is 0 Å². The Bertz CT molecular complexity index is 533. The molecule has 1 unspecified atom stereocenters. The smallest absolute Gasteiger partial charge is 0.123 e. The number of aromatic nitrogens is 2. The van der Waals surface area contributed by atoms with E-state index in [1.54, 1.807) is 6.20 Å². The van der Waals surface area contributed by atoms with Gasteiger partial charge in [0.15, 0.2) is 0 Å². The molecule has 2 heterocycles. The lowest BCUT2D eigenvalue weighted by molar-refractivity contribution is 0.496. The van der Waals surface area contributed by atoms with Crippen LogP contribution in [0.25, 0.3) is 11.3 Å². The maximum atomic E-state index is 6.11. The lowest BCUT2D eigenvalue weighted by Crippen LogP contribution is -2.14. The monoisotopic (exact) mass is 303 g/mol. The third kappa shape index (κ3) is 3.06. The first-order valence-corrected chi connectivity index (χ1v) is 7.30. The fourth-order valence-corrected chi connectivity index (χ4v) is 3.30. The molecule has 0 fully saturated rings. The summed E-state index contributed by atoms with van der Waals surface area (Å²) in [5.41, 5.74) is 7.82. The van der Waals surface area contributed by atoms with Crippen molar-refractivity contribution in [2.24, 2.45) is 11.7 Å². The highest BCUT2D eigenvalue weighted by atomic mass is 35.5. The highest BCUT2D eigenvalue weighted by Crippen LogP contribution is 2.37. The molecule has 0 aliphatic heterocycles. The molecule has 0 aliphatic carbocycles. The number of nitrogens with two attached hydrogens (primary N) is 1. The van der Waals surface area contributed by atoms with Gasteiger partial charge in [-0.2, -0.15) is 0 Å². The number of hydrogen-bond acceptors (Lipinski definition) is 3. The number of thiophene rings is 1. The van der Waals surface area contributed by atoms with Crippen molar-refractivity contribution in [1.82, 2.24) is 9.97 Å². The van der Waals surface area contributed by atoms with Crippen molar-refractivity contribution in [2.75, 3.05) is 0 Å². The number of nitrogens with one attached hydrogen (secondary N) is 1. The SMILES string of the molecule is CC(C)CC(N)c1ncc(-c2cc(Cl)sc2Cl)[nH]1. The molecule has 2 aromatic rings. The molecule has 2 rings (SSSR count). The summed E-state index contributed by atoms with van der Waals surface area (Å²) in [5, 5.41) is 0. The summed E-state index contributed by atoms with van der Waals surface area (Å²) in [6.45, 7) is 4.28. The minimum absolute atomic E-state index is 0.0772. The lowest BCUT2D eigenvalue weighted by Gasteiger charge is -2.10. The van der Waals surface area contributed by atoms with Crippen LogP contribution < -0.4 is 5.73 Å². The summed E-state index contributed by atoms with van der Waals surface area (Å²) < 4.78 is 1.32. The van der Waals surface area contributed by atoms with Crippen molar-refractivity contribution in [1.29, 1.82) is 0 Å². The Hall–Kier alpha value is -0.550. The normalized spacial score (nSPS) is 13.2. The van der Waals surface area contributed by atoms with Crippen LogP contribution in [0.3, 0.4) is 0 Å². The van der Waals surface area contributed by atoms with Gasteiger partial charge in [-0.3, -0.25) is 0 Å². The molecule has 3 nitrogen and oxygen atoms in total. The van der Waals surface area contributed by atoms with Crippen LogP contribution in [0.4, 0.5) is 0 Å². The van der Waals surface area contributed by atoms with E-state index in [0.29, 0.717) is 14.6 Å². The second-order valence-electron chi connectivity index (χ2n) is 4.66. The minimum Gasteiger partial charge on any atom is -0.341 e. The van der Waals surface area contributed by atoms with Crippen molar-refractivity contribution >= 4 is 34.5 Å². The molecule has 98 valence electrons. The van der Waals surface area contributed by atoms with Gasteiger partial charge in [-0.15, -0.1) is 11.3 Å². The lowest BCUT2D eigenvalue weighted by atomic mass is 10.0. The molecule has 0 amide bonds. The molecule has 2 aromatic heterocycles. The van der Waals surface area contributed by atoms with E-state index in [1.165, 1.54) is 11.3 Å².